The summed E-state index contributed by atoms with van der Waals surface area (Å²) < 4.78 is 24.8. The molecule has 0 unspecified atom stereocenters. The van der Waals surface area contributed by atoms with Crippen molar-refractivity contribution in [1.29, 1.82) is 0 Å². The van der Waals surface area contributed by atoms with Gasteiger partial charge >= 0.3 is 0 Å². The van der Waals surface area contributed by atoms with Gasteiger partial charge in [-0.15, -0.1) is 0 Å². The largest absolute Gasteiger partial charge is 0.366 e. The zero-order valence-electron chi connectivity index (χ0n) is 12.6. The van der Waals surface area contributed by atoms with Crippen molar-refractivity contribution in [2.75, 3.05) is 24.7 Å². The lowest BCUT2D eigenvalue weighted by atomic mass is 10.1. The third-order valence-electron chi connectivity index (χ3n) is 3.62. The summed E-state index contributed by atoms with van der Waals surface area (Å²) in [7, 11) is -3.15. The second kappa shape index (κ2) is 6.46. The van der Waals surface area contributed by atoms with Crippen LogP contribution >= 0.6 is 11.6 Å². The van der Waals surface area contributed by atoms with Gasteiger partial charge in [-0.1, -0.05) is 18.5 Å². The van der Waals surface area contributed by atoms with Gasteiger partial charge in [0.05, 0.1) is 6.26 Å². The van der Waals surface area contributed by atoms with Crippen molar-refractivity contribution in [2.45, 2.75) is 39.2 Å². The molecule has 1 aromatic rings. The summed E-state index contributed by atoms with van der Waals surface area (Å²) in [5.41, 5.74) is 0.874. The van der Waals surface area contributed by atoms with E-state index in [1.165, 1.54) is 10.6 Å². The first-order valence-electron chi connectivity index (χ1n) is 7.06. The van der Waals surface area contributed by atoms with Gasteiger partial charge in [-0.05, 0) is 26.2 Å². The number of aromatic nitrogens is 2. The molecule has 118 valence electrons. The molecule has 0 aromatic carbocycles. The van der Waals surface area contributed by atoms with E-state index >= 15 is 0 Å². The van der Waals surface area contributed by atoms with E-state index in [-0.39, 0.29) is 6.04 Å². The minimum atomic E-state index is -3.15. The van der Waals surface area contributed by atoms with Crippen molar-refractivity contribution in [1.82, 2.24) is 14.3 Å². The van der Waals surface area contributed by atoms with Crippen molar-refractivity contribution >= 4 is 27.4 Å². The summed E-state index contributed by atoms with van der Waals surface area (Å²) in [6.45, 7) is 4.83. The molecular formula is C13H21ClN4O2S. The first kappa shape index (κ1) is 16.5. The van der Waals surface area contributed by atoms with Gasteiger partial charge < -0.3 is 5.32 Å². The summed E-state index contributed by atoms with van der Waals surface area (Å²) in [5, 5.41) is 3.80. The lowest BCUT2D eigenvalue weighted by molar-refractivity contribution is 0.328. The van der Waals surface area contributed by atoms with E-state index < -0.39 is 10.0 Å². The van der Waals surface area contributed by atoms with Gasteiger partial charge in [-0.25, -0.2) is 22.7 Å². The van der Waals surface area contributed by atoms with Crippen LogP contribution in [0.3, 0.4) is 0 Å². The number of aryl methyl sites for hydroxylation is 1. The molecule has 1 aliphatic rings. The smallest absolute Gasteiger partial charge is 0.211 e. The van der Waals surface area contributed by atoms with Gasteiger partial charge in [0.1, 0.15) is 16.8 Å². The summed E-state index contributed by atoms with van der Waals surface area (Å²) in [4.78, 5) is 8.57. The zero-order chi connectivity index (χ0) is 15.6. The first-order chi connectivity index (χ1) is 9.81. The topological polar surface area (TPSA) is 75.2 Å². The molecule has 21 heavy (non-hydrogen) atoms. The molecule has 0 radical (unpaired) electrons. The molecule has 1 aromatic heterocycles. The molecule has 1 fully saturated rings. The summed E-state index contributed by atoms with van der Waals surface area (Å²) in [6.07, 6.45) is 3.72. The number of hydrogen-bond acceptors (Lipinski definition) is 5. The number of nitrogens with one attached hydrogen (secondary N) is 1. The number of piperidine rings is 1. The van der Waals surface area contributed by atoms with Crippen molar-refractivity contribution in [3.63, 3.8) is 0 Å². The molecule has 2 heterocycles. The molecule has 1 atom stereocenters. The van der Waals surface area contributed by atoms with Gasteiger partial charge in [0.25, 0.3) is 0 Å². The lowest BCUT2D eigenvalue weighted by Crippen LogP contribution is -2.44. The van der Waals surface area contributed by atoms with Crippen molar-refractivity contribution < 1.29 is 8.42 Å². The van der Waals surface area contributed by atoms with E-state index in [1.807, 2.05) is 6.92 Å². The van der Waals surface area contributed by atoms with E-state index in [1.54, 1.807) is 6.92 Å². The minimum Gasteiger partial charge on any atom is -0.366 e. The summed E-state index contributed by atoms with van der Waals surface area (Å²) in [6, 6.07) is 0.0455. The number of rotatable bonds is 4. The fraction of sp³-hybridized carbons (Fsp3) is 0.692. The molecule has 6 nitrogen and oxygen atoms in total. The average Bonchev–Trinajstić information content (AvgIpc) is 2.37. The Morgan fingerprint density at radius 1 is 1.43 bits per heavy atom. The van der Waals surface area contributed by atoms with Crippen molar-refractivity contribution in [2.24, 2.45) is 0 Å². The van der Waals surface area contributed by atoms with Crippen molar-refractivity contribution in [3.05, 3.63) is 16.5 Å². The summed E-state index contributed by atoms with van der Waals surface area (Å²) in [5.74, 6) is 1.32. The van der Waals surface area contributed by atoms with E-state index in [0.29, 0.717) is 24.1 Å². The van der Waals surface area contributed by atoms with Crippen LogP contribution in [0.2, 0.25) is 5.15 Å². The predicted octanol–water partition coefficient (Wildman–Crippen LogP) is 1.84. The highest BCUT2D eigenvalue weighted by molar-refractivity contribution is 7.88. The zero-order valence-corrected chi connectivity index (χ0v) is 14.1. The fourth-order valence-electron chi connectivity index (χ4n) is 2.55. The lowest BCUT2D eigenvalue weighted by Gasteiger charge is -2.32. The third-order valence-corrected chi connectivity index (χ3v) is 5.20. The Balaban J connectivity index is 2.18. The number of anilines is 1. The van der Waals surface area contributed by atoms with Crippen LogP contribution in [-0.2, 0) is 16.4 Å². The predicted molar refractivity (Wildman–Crippen MR) is 84.2 cm³/mol. The summed E-state index contributed by atoms with van der Waals surface area (Å²) >= 11 is 6.16. The van der Waals surface area contributed by atoms with Crippen LogP contribution in [-0.4, -0.2) is 48.1 Å². The van der Waals surface area contributed by atoms with Gasteiger partial charge in [0.15, 0.2) is 0 Å². The fourth-order valence-corrected chi connectivity index (χ4v) is 3.81. The van der Waals surface area contributed by atoms with Crippen LogP contribution in [0.4, 0.5) is 5.82 Å². The highest BCUT2D eigenvalue weighted by Crippen LogP contribution is 2.24. The van der Waals surface area contributed by atoms with E-state index in [2.05, 4.69) is 15.3 Å². The average molecular weight is 333 g/mol. The van der Waals surface area contributed by atoms with Crippen LogP contribution in [0.5, 0.6) is 0 Å². The number of hydrogen-bond donors (Lipinski definition) is 1. The minimum absolute atomic E-state index is 0.0455. The van der Waals surface area contributed by atoms with Crippen molar-refractivity contribution in [3.8, 4) is 0 Å². The highest BCUT2D eigenvalue weighted by atomic mass is 35.5. The standard InChI is InChI=1S/C13H21ClN4O2S/c1-4-11-12(14)15-9(2)16-13(11)17-10-6-5-7-18(8-10)21(3,19)20/h10H,4-8H2,1-3H3,(H,15,16,17)/t10-/m0/s1. The molecule has 1 N–H and O–H groups in total. The molecule has 8 heteroatoms. The third kappa shape index (κ3) is 4.05. The van der Waals surface area contributed by atoms with E-state index in [4.69, 9.17) is 11.6 Å². The number of halogens is 1. The highest BCUT2D eigenvalue weighted by Gasteiger charge is 2.26. The number of sulfonamides is 1. The second-order valence-electron chi connectivity index (χ2n) is 5.35. The number of nitrogens with zero attached hydrogens (tertiary/aromatic N) is 3. The Kier molecular flexibility index (Phi) is 5.06. The normalized spacial score (nSPS) is 20.5. The maximum Gasteiger partial charge on any atom is 0.211 e. The molecule has 0 bridgehead atoms. The van der Waals surface area contributed by atoms with Gasteiger partial charge in [0.2, 0.25) is 10.0 Å². The maximum atomic E-state index is 11.7. The van der Waals surface area contributed by atoms with Gasteiger partial charge in [-0.2, -0.15) is 0 Å². The van der Waals surface area contributed by atoms with Crippen LogP contribution in [0.25, 0.3) is 0 Å². The first-order valence-corrected chi connectivity index (χ1v) is 9.28. The molecule has 0 amide bonds. The van der Waals surface area contributed by atoms with Gasteiger partial charge in [0, 0.05) is 24.7 Å². The molecule has 1 aliphatic heterocycles. The van der Waals surface area contributed by atoms with E-state index in [0.717, 1.165) is 30.6 Å². The Morgan fingerprint density at radius 2 is 2.14 bits per heavy atom. The Morgan fingerprint density at radius 3 is 2.76 bits per heavy atom. The molecule has 2 rings (SSSR count). The van der Waals surface area contributed by atoms with Crippen LogP contribution in [0.1, 0.15) is 31.2 Å². The van der Waals surface area contributed by atoms with E-state index in [9.17, 15) is 8.42 Å². The molecule has 0 saturated carbocycles. The second-order valence-corrected chi connectivity index (χ2v) is 7.69. The maximum absolute atomic E-state index is 11.7. The van der Waals surface area contributed by atoms with Crippen LogP contribution in [0.15, 0.2) is 0 Å². The quantitative estimate of drug-likeness (QED) is 0.851. The molecular weight excluding hydrogens is 312 g/mol. The molecule has 0 aliphatic carbocycles. The molecule has 1 saturated heterocycles. The Bertz CT molecular complexity index is 621. The van der Waals surface area contributed by atoms with Gasteiger partial charge in [-0.3, -0.25) is 0 Å². The van der Waals surface area contributed by atoms with Crippen LogP contribution in [0, 0.1) is 6.92 Å². The molecule has 0 spiro atoms. The Labute approximate surface area is 131 Å². The SMILES string of the molecule is CCc1c(Cl)nc(C)nc1N[C@H]1CCCN(S(C)(=O)=O)C1. The van der Waals surface area contributed by atoms with Crippen LogP contribution < -0.4 is 5.32 Å². The monoisotopic (exact) mass is 332 g/mol. The Hall–Kier alpha value is -0.920.